The van der Waals surface area contributed by atoms with Gasteiger partial charge in [-0.15, -0.1) is 0 Å². The van der Waals surface area contributed by atoms with E-state index in [1.54, 1.807) is 18.6 Å². The molecule has 1 aliphatic carbocycles. The van der Waals surface area contributed by atoms with Crippen LogP contribution in [0.25, 0.3) is 0 Å². The van der Waals surface area contributed by atoms with Crippen molar-refractivity contribution in [3.63, 3.8) is 0 Å². The standard InChI is InChI=1S/C19H23F2N3O2/c1-13-8-22-9-18(16(13)11-25)26-12-14-4-2-3-5-15(14)17-6-7-23-24(17)10-19(20)21/h6-9,11,14-15,19H,2-5,10,12H2,1H3. The van der Waals surface area contributed by atoms with Crippen molar-refractivity contribution in [2.75, 3.05) is 6.61 Å². The zero-order valence-corrected chi connectivity index (χ0v) is 14.8. The lowest BCUT2D eigenvalue weighted by molar-refractivity contribution is 0.111. The third-order valence-corrected chi connectivity index (χ3v) is 5.07. The van der Waals surface area contributed by atoms with Gasteiger partial charge in [0.25, 0.3) is 6.43 Å². The molecule has 0 N–H and O–H groups in total. The van der Waals surface area contributed by atoms with Gasteiger partial charge in [0.15, 0.2) is 6.29 Å². The SMILES string of the molecule is Cc1cncc(OCC2CCCCC2c2ccnn2CC(F)F)c1C=O. The Kier molecular flexibility index (Phi) is 5.96. The number of aryl methyl sites for hydroxylation is 1. The molecule has 2 unspecified atom stereocenters. The lowest BCUT2D eigenvalue weighted by Gasteiger charge is -2.32. The van der Waals surface area contributed by atoms with Gasteiger partial charge in [-0.05, 0) is 31.4 Å². The van der Waals surface area contributed by atoms with E-state index in [-0.39, 0.29) is 18.4 Å². The fraction of sp³-hybridized carbons (Fsp3) is 0.526. The first-order chi connectivity index (χ1) is 12.6. The summed E-state index contributed by atoms with van der Waals surface area (Å²) in [6.45, 7) is 1.86. The van der Waals surface area contributed by atoms with Crippen molar-refractivity contribution in [2.45, 2.75) is 51.5 Å². The highest BCUT2D eigenvalue weighted by atomic mass is 19.3. The minimum atomic E-state index is -2.43. The molecule has 1 fully saturated rings. The van der Waals surface area contributed by atoms with Crippen LogP contribution in [0, 0.1) is 12.8 Å². The highest BCUT2D eigenvalue weighted by Gasteiger charge is 2.30. The fourth-order valence-electron chi connectivity index (χ4n) is 3.75. The first-order valence-electron chi connectivity index (χ1n) is 8.92. The van der Waals surface area contributed by atoms with Crippen molar-refractivity contribution in [2.24, 2.45) is 5.92 Å². The summed E-state index contributed by atoms with van der Waals surface area (Å²) in [6, 6.07) is 1.83. The molecule has 0 aromatic carbocycles. The predicted molar refractivity (Wildman–Crippen MR) is 92.8 cm³/mol. The van der Waals surface area contributed by atoms with Crippen LogP contribution in [0.1, 0.15) is 53.2 Å². The Balaban J connectivity index is 1.75. The summed E-state index contributed by atoms with van der Waals surface area (Å²) >= 11 is 0. The largest absolute Gasteiger partial charge is 0.491 e. The summed E-state index contributed by atoms with van der Waals surface area (Å²) in [4.78, 5) is 15.4. The number of carbonyl (C=O) groups is 1. The smallest absolute Gasteiger partial charge is 0.257 e. The molecule has 2 aromatic rings. The molecule has 1 saturated carbocycles. The van der Waals surface area contributed by atoms with Gasteiger partial charge >= 0.3 is 0 Å². The number of rotatable bonds is 7. The number of aromatic nitrogens is 3. The molecule has 0 saturated heterocycles. The van der Waals surface area contributed by atoms with Crippen molar-refractivity contribution in [3.05, 3.63) is 41.5 Å². The van der Waals surface area contributed by atoms with Crippen molar-refractivity contribution in [3.8, 4) is 5.75 Å². The number of alkyl halides is 2. The van der Waals surface area contributed by atoms with E-state index in [1.807, 2.05) is 13.0 Å². The number of hydrogen-bond acceptors (Lipinski definition) is 4. The van der Waals surface area contributed by atoms with E-state index in [2.05, 4.69) is 10.1 Å². The lowest BCUT2D eigenvalue weighted by atomic mass is 9.78. The molecule has 7 heteroatoms. The summed E-state index contributed by atoms with van der Waals surface area (Å²) in [5, 5.41) is 4.06. The minimum absolute atomic E-state index is 0.127. The second-order valence-electron chi connectivity index (χ2n) is 6.78. The topological polar surface area (TPSA) is 57.0 Å². The maximum absolute atomic E-state index is 12.8. The van der Waals surface area contributed by atoms with Gasteiger partial charge in [-0.3, -0.25) is 14.5 Å². The Morgan fingerprint density at radius 3 is 2.92 bits per heavy atom. The number of nitrogens with zero attached hydrogens (tertiary/aromatic N) is 3. The van der Waals surface area contributed by atoms with Crippen LogP contribution in [0.4, 0.5) is 8.78 Å². The van der Waals surface area contributed by atoms with Crippen LogP contribution in [0.3, 0.4) is 0 Å². The van der Waals surface area contributed by atoms with Crippen molar-refractivity contribution in [1.29, 1.82) is 0 Å². The van der Waals surface area contributed by atoms with Gasteiger partial charge in [0.2, 0.25) is 0 Å². The zero-order valence-electron chi connectivity index (χ0n) is 14.8. The molecule has 0 spiro atoms. The van der Waals surface area contributed by atoms with E-state index in [9.17, 15) is 13.6 Å². The number of ether oxygens (including phenoxy) is 1. The van der Waals surface area contributed by atoms with E-state index < -0.39 is 6.43 Å². The van der Waals surface area contributed by atoms with Crippen LogP contribution in [0.2, 0.25) is 0 Å². The normalized spacial score (nSPS) is 20.3. The first kappa shape index (κ1) is 18.5. The fourth-order valence-corrected chi connectivity index (χ4v) is 3.75. The molecular formula is C19H23F2N3O2. The zero-order chi connectivity index (χ0) is 18.5. The predicted octanol–water partition coefficient (Wildman–Crippen LogP) is 4.02. The van der Waals surface area contributed by atoms with Crippen LogP contribution < -0.4 is 4.74 Å². The molecular weight excluding hydrogens is 340 g/mol. The Morgan fingerprint density at radius 1 is 1.35 bits per heavy atom. The summed E-state index contributed by atoms with van der Waals surface area (Å²) in [5.74, 6) is 0.796. The van der Waals surface area contributed by atoms with Crippen molar-refractivity contribution in [1.82, 2.24) is 14.8 Å². The second-order valence-corrected chi connectivity index (χ2v) is 6.78. The third kappa shape index (κ3) is 4.08. The molecule has 2 heterocycles. The Labute approximate surface area is 151 Å². The molecule has 2 aromatic heterocycles. The van der Waals surface area contributed by atoms with E-state index >= 15 is 0 Å². The van der Waals surface area contributed by atoms with Crippen LogP contribution in [-0.2, 0) is 6.54 Å². The maximum atomic E-state index is 12.8. The van der Waals surface area contributed by atoms with Gasteiger partial charge < -0.3 is 4.74 Å². The van der Waals surface area contributed by atoms with E-state index in [4.69, 9.17) is 4.74 Å². The van der Waals surface area contributed by atoms with E-state index in [0.717, 1.165) is 43.2 Å². The quantitative estimate of drug-likeness (QED) is 0.697. The molecule has 0 amide bonds. The van der Waals surface area contributed by atoms with Crippen molar-refractivity contribution < 1.29 is 18.3 Å². The van der Waals surface area contributed by atoms with E-state index in [1.165, 1.54) is 4.68 Å². The number of hydrogen-bond donors (Lipinski definition) is 0. The maximum Gasteiger partial charge on any atom is 0.257 e. The average Bonchev–Trinajstić information content (AvgIpc) is 3.07. The van der Waals surface area contributed by atoms with Gasteiger partial charge in [0.1, 0.15) is 12.3 Å². The molecule has 26 heavy (non-hydrogen) atoms. The number of pyridine rings is 1. The molecule has 140 valence electrons. The minimum Gasteiger partial charge on any atom is -0.491 e. The van der Waals surface area contributed by atoms with Gasteiger partial charge in [-0.2, -0.15) is 5.10 Å². The van der Waals surface area contributed by atoms with Crippen molar-refractivity contribution >= 4 is 6.29 Å². The third-order valence-electron chi connectivity index (χ3n) is 5.07. The van der Waals surface area contributed by atoms with Gasteiger partial charge in [0.05, 0.1) is 18.4 Å². The molecule has 5 nitrogen and oxygen atoms in total. The Morgan fingerprint density at radius 2 is 2.15 bits per heavy atom. The van der Waals surface area contributed by atoms with Gasteiger partial charge in [-0.1, -0.05) is 12.8 Å². The molecule has 1 aliphatic rings. The lowest BCUT2D eigenvalue weighted by Crippen LogP contribution is -2.27. The van der Waals surface area contributed by atoms with Crippen LogP contribution in [0.15, 0.2) is 24.7 Å². The highest BCUT2D eigenvalue weighted by Crippen LogP contribution is 2.38. The van der Waals surface area contributed by atoms with E-state index in [0.29, 0.717) is 17.9 Å². The number of aldehydes is 1. The first-order valence-corrected chi connectivity index (χ1v) is 8.92. The Bertz CT molecular complexity index is 748. The van der Waals surface area contributed by atoms with Crippen LogP contribution in [0.5, 0.6) is 5.75 Å². The molecule has 0 radical (unpaired) electrons. The Hall–Kier alpha value is -2.31. The summed E-state index contributed by atoms with van der Waals surface area (Å²) in [7, 11) is 0. The molecule has 0 aliphatic heterocycles. The average molecular weight is 363 g/mol. The summed E-state index contributed by atoms with van der Waals surface area (Å²) < 4.78 is 33.0. The number of carbonyl (C=O) groups excluding carboxylic acids is 1. The van der Waals surface area contributed by atoms with Crippen LogP contribution >= 0.6 is 0 Å². The summed E-state index contributed by atoms with van der Waals surface area (Å²) in [6.07, 6.45) is 7.14. The second kappa shape index (κ2) is 8.38. The van der Waals surface area contributed by atoms with Crippen LogP contribution in [-0.4, -0.2) is 34.1 Å². The number of halogens is 2. The molecule has 0 bridgehead atoms. The van der Waals surface area contributed by atoms with Gasteiger partial charge in [0, 0.05) is 29.9 Å². The molecule has 3 rings (SSSR count). The monoisotopic (exact) mass is 363 g/mol. The highest BCUT2D eigenvalue weighted by molar-refractivity contribution is 5.81. The van der Waals surface area contributed by atoms with Gasteiger partial charge in [-0.25, -0.2) is 8.78 Å². The summed E-state index contributed by atoms with van der Waals surface area (Å²) in [5.41, 5.74) is 2.12. The molecule has 2 atom stereocenters.